The molecule has 0 aliphatic rings. The highest BCUT2D eigenvalue weighted by molar-refractivity contribution is 7.98. The van der Waals surface area contributed by atoms with Crippen LogP contribution in [-0.2, 0) is 4.79 Å². The minimum absolute atomic E-state index is 0.118. The van der Waals surface area contributed by atoms with Crippen molar-refractivity contribution in [2.45, 2.75) is 24.8 Å². The van der Waals surface area contributed by atoms with Crippen LogP contribution in [0, 0.1) is 6.92 Å². The van der Waals surface area contributed by atoms with Gasteiger partial charge in [-0.1, -0.05) is 18.2 Å². The highest BCUT2D eigenvalue weighted by Gasteiger charge is 2.14. The van der Waals surface area contributed by atoms with E-state index in [1.807, 2.05) is 50.4 Å². The van der Waals surface area contributed by atoms with E-state index in [0.29, 0.717) is 11.3 Å². The number of aryl methyl sites for hydroxylation is 1. The number of rotatable bonds is 7. The molecule has 0 aromatic heterocycles. The summed E-state index contributed by atoms with van der Waals surface area (Å²) in [5, 5.41) is 11.6. The number of benzene rings is 2. The number of amides is 1. The molecule has 1 amide bonds. The molecular formula is C19H21NO4S. The largest absolute Gasteiger partial charge is 0.482 e. The SMILES string of the molecule is CSc1ccc(C)c(C(=O)NC(C)c2ccc(OCC(=O)O)cc2)c1. The second-order valence-corrected chi connectivity index (χ2v) is 6.51. The average Bonchev–Trinajstić information content (AvgIpc) is 2.60. The molecule has 0 saturated carbocycles. The molecule has 2 N–H and O–H groups in total. The Morgan fingerprint density at radius 3 is 2.48 bits per heavy atom. The van der Waals surface area contributed by atoms with Crippen LogP contribution in [0.25, 0.3) is 0 Å². The normalized spacial score (nSPS) is 11.6. The summed E-state index contributed by atoms with van der Waals surface area (Å²) in [6.07, 6.45) is 1.98. The zero-order chi connectivity index (χ0) is 18.4. The molecule has 0 fully saturated rings. The van der Waals surface area contributed by atoms with Gasteiger partial charge in [-0.2, -0.15) is 0 Å². The Bertz CT molecular complexity index is 759. The fraction of sp³-hybridized carbons (Fsp3) is 0.263. The predicted molar refractivity (Wildman–Crippen MR) is 98.4 cm³/mol. The molecule has 2 aromatic carbocycles. The summed E-state index contributed by atoms with van der Waals surface area (Å²) in [6, 6.07) is 12.7. The highest BCUT2D eigenvalue weighted by Crippen LogP contribution is 2.21. The van der Waals surface area contributed by atoms with Crippen LogP contribution >= 0.6 is 11.8 Å². The Morgan fingerprint density at radius 2 is 1.88 bits per heavy atom. The molecule has 6 heteroatoms. The van der Waals surface area contributed by atoms with Crippen molar-refractivity contribution in [2.24, 2.45) is 0 Å². The van der Waals surface area contributed by atoms with Gasteiger partial charge in [-0.25, -0.2) is 4.79 Å². The molecule has 1 atom stereocenters. The van der Waals surface area contributed by atoms with Gasteiger partial charge in [0.15, 0.2) is 6.61 Å². The van der Waals surface area contributed by atoms with Crippen molar-refractivity contribution in [3.05, 3.63) is 59.2 Å². The van der Waals surface area contributed by atoms with Gasteiger partial charge in [0.25, 0.3) is 5.91 Å². The molecule has 0 heterocycles. The third-order valence-corrected chi connectivity index (χ3v) is 4.50. The maximum absolute atomic E-state index is 12.6. The van der Waals surface area contributed by atoms with Gasteiger partial charge >= 0.3 is 5.97 Å². The highest BCUT2D eigenvalue weighted by atomic mass is 32.2. The van der Waals surface area contributed by atoms with Crippen LogP contribution in [0.5, 0.6) is 5.75 Å². The van der Waals surface area contributed by atoms with Gasteiger partial charge < -0.3 is 15.2 Å². The van der Waals surface area contributed by atoms with Crippen LogP contribution in [-0.4, -0.2) is 29.8 Å². The quantitative estimate of drug-likeness (QED) is 0.738. The van der Waals surface area contributed by atoms with Gasteiger partial charge in [-0.15, -0.1) is 11.8 Å². The number of ether oxygens (including phenoxy) is 1. The smallest absolute Gasteiger partial charge is 0.341 e. The van der Waals surface area contributed by atoms with E-state index in [9.17, 15) is 9.59 Å². The number of aliphatic carboxylic acids is 1. The summed E-state index contributed by atoms with van der Waals surface area (Å²) >= 11 is 1.60. The van der Waals surface area contributed by atoms with Crippen molar-refractivity contribution in [1.82, 2.24) is 5.32 Å². The Morgan fingerprint density at radius 1 is 1.20 bits per heavy atom. The molecule has 132 valence electrons. The summed E-state index contributed by atoms with van der Waals surface area (Å²) in [7, 11) is 0. The van der Waals surface area contributed by atoms with Crippen molar-refractivity contribution in [3.8, 4) is 5.75 Å². The van der Waals surface area contributed by atoms with E-state index < -0.39 is 5.97 Å². The van der Waals surface area contributed by atoms with Crippen molar-refractivity contribution in [3.63, 3.8) is 0 Å². The number of hydrogen-bond acceptors (Lipinski definition) is 4. The molecule has 0 radical (unpaired) electrons. The van der Waals surface area contributed by atoms with Gasteiger partial charge in [0.1, 0.15) is 5.75 Å². The number of carbonyl (C=O) groups is 2. The third-order valence-electron chi connectivity index (χ3n) is 3.78. The second-order valence-electron chi connectivity index (χ2n) is 5.63. The average molecular weight is 359 g/mol. The minimum atomic E-state index is -1.02. The first kappa shape index (κ1) is 18.9. The first-order valence-electron chi connectivity index (χ1n) is 7.80. The molecule has 0 aliphatic heterocycles. The number of thioether (sulfide) groups is 1. The fourth-order valence-corrected chi connectivity index (χ4v) is 2.77. The van der Waals surface area contributed by atoms with E-state index in [-0.39, 0.29) is 18.6 Å². The summed E-state index contributed by atoms with van der Waals surface area (Å²) in [5.41, 5.74) is 2.51. The Balaban J connectivity index is 2.05. The van der Waals surface area contributed by atoms with Gasteiger partial charge in [0.05, 0.1) is 6.04 Å². The van der Waals surface area contributed by atoms with Crippen LogP contribution in [0.4, 0.5) is 0 Å². The lowest BCUT2D eigenvalue weighted by molar-refractivity contribution is -0.139. The minimum Gasteiger partial charge on any atom is -0.482 e. The number of carbonyl (C=O) groups excluding carboxylic acids is 1. The van der Waals surface area contributed by atoms with E-state index in [2.05, 4.69) is 5.32 Å². The molecule has 2 rings (SSSR count). The van der Waals surface area contributed by atoms with Gasteiger partial charge in [-0.3, -0.25) is 4.79 Å². The molecule has 0 aliphatic carbocycles. The summed E-state index contributed by atoms with van der Waals surface area (Å²) in [5.74, 6) is -0.659. The van der Waals surface area contributed by atoms with Crippen LogP contribution in [0.3, 0.4) is 0 Å². The number of hydrogen-bond donors (Lipinski definition) is 2. The van der Waals surface area contributed by atoms with Crippen molar-refractivity contribution >= 4 is 23.6 Å². The summed E-state index contributed by atoms with van der Waals surface area (Å²) in [6.45, 7) is 3.44. The summed E-state index contributed by atoms with van der Waals surface area (Å²) < 4.78 is 5.10. The number of carboxylic acids is 1. The fourth-order valence-electron chi connectivity index (χ4n) is 2.33. The molecule has 1 unspecified atom stereocenters. The summed E-state index contributed by atoms with van der Waals surface area (Å²) in [4.78, 5) is 24.1. The van der Waals surface area contributed by atoms with Crippen LogP contribution < -0.4 is 10.1 Å². The van der Waals surface area contributed by atoms with Gasteiger partial charge in [-0.05, 0) is 55.5 Å². The van der Waals surface area contributed by atoms with E-state index in [1.165, 1.54) is 0 Å². The van der Waals surface area contributed by atoms with E-state index in [4.69, 9.17) is 9.84 Å². The third kappa shape index (κ3) is 5.26. The molecule has 2 aromatic rings. The lowest BCUT2D eigenvalue weighted by Gasteiger charge is -2.16. The molecule has 0 bridgehead atoms. The monoisotopic (exact) mass is 359 g/mol. The molecule has 5 nitrogen and oxygen atoms in total. The lowest BCUT2D eigenvalue weighted by Crippen LogP contribution is -2.27. The van der Waals surface area contributed by atoms with Crippen LogP contribution in [0.15, 0.2) is 47.4 Å². The maximum Gasteiger partial charge on any atom is 0.341 e. The lowest BCUT2D eigenvalue weighted by atomic mass is 10.1. The number of nitrogens with one attached hydrogen (secondary N) is 1. The molecule has 0 saturated heterocycles. The Labute approximate surface area is 151 Å². The Kier molecular flexibility index (Phi) is 6.47. The van der Waals surface area contributed by atoms with Crippen molar-refractivity contribution in [1.29, 1.82) is 0 Å². The predicted octanol–water partition coefficient (Wildman–Crippen LogP) is 3.67. The molecular weight excluding hydrogens is 338 g/mol. The first-order chi connectivity index (χ1) is 11.9. The topological polar surface area (TPSA) is 75.6 Å². The standard InChI is InChI=1S/C19H21NO4S/c1-12-4-9-16(25-3)10-17(12)19(23)20-13(2)14-5-7-15(8-6-14)24-11-18(21)22/h4-10,13H,11H2,1-3H3,(H,20,23)(H,21,22). The zero-order valence-electron chi connectivity index (χ0n) is 14.4. The first-order valence-corrected chi connectivity index (χ1v) is 9.03. The molecule has 25 heavy (non-hydrogen) atoms. The Hall–Kier alpha value is -2.47. The van der Waals surface area contributed by atoms with Crippen LogP contribution in [0.1, 0.15) is 34.5 Å². The number of carboxylic acid groups (broad SMARTS) is 1. The second kappa shape index (κ2) is 8.58. The zero-order valence-corrected chi connectivity index (χ0v) is 15.2. The van der Waals surface area contributed by atoms with E-state index in [1.54, 1.807) is 23.9 Å². The van der Waals surface area contributed by atoms with E-state index in [0.717, 1.165) is 16.0 Å². The van der Waals surface area contributed by atoms with Crippen molar-refractivity contribution < 1.29 is 19.4 Å². The maximum atomic E-state index is 12.6. The van der Waals surface area contributed by atoms with E-state index >= 15 is 0 Å². The van der Waals surface area contributed by atoms with Crippen LogP contribution in [0.2, 0.25) is 0 Å². The van der Waals surface area contributed by atoms with Gasteiger partial charge in [0, 0.05) is 10.5 Å². The van der Waals surface area contributed by atoms with Crippen molar-refractivity contribution in [2.75, 3.05) is 12.9 Å². The van der Waals surface area contributed by atoms with Gasteiger partial charge in [0.2, 0.25) is 0 Å². The molecule has 0 spiro atoms.